The summed E-state index contributed by atoms with van der Waals surface area (Å²) in [5, 5.41) is 5.29. The summed E-state index contributed by atoms with van der Waals surface area (Å²) in [6.07, 6.45) is 1.85. The molecular formula is C9H9N2. The van der Waals surface area contributed by atoms with Crippen molar-refractivity contribution in [2.45, 2.75) is 0 Å². The fraction of sp³-hybridized carbons (Fsp3) is 0.111. The predicted molar refractivity (Wildman–Crippen MR) is 45.2 cm³/mol. The molecule has 2 aromatic rings. The van der Waals surface area contributed by atoms with Crippen LogP contribution in [0.5, 0.6) is 0 Å². The lowest BCUT2D eigenvalue weighted by atomic mass is 10.2. The van der Waals surface area contributed by atoms with Gasteiger partial charge >= 0.3 is 0 Å². The molecule has 1 heterocycles. The summed E-state index contributed by atoms with van der Waals surface area (Å²) in [5.74, 6) is 0. The number of fused-ring (bicyclic) bond motifs is 1. The van der Waals surface area contributed by atoms with Crippen molar-refractivity contribution < 1.29 is 0 Å². The lowest BCUT2D eigenvalue weighted by Crippen LogP contribution is -1.90. The molecule has 0 fully saturated rings. The SMILES string of the molecule is [CH2]c1cccc2cnn(C)c12. The number of aromatic nitrogens is 2. The summed E-state index contributed by atoms with van der Waals surface area (Å²) in [6, 6.07) is 6.02. The van der Waals surface area contributed by atoms with Crippen molar-refractivity contribution >= 4 is 10.9 Å². The minimum Gasteiger partial charge on any atom is -0.268 e. The topological polar surface area (TPSA) is 17.8 Å². The molecule has 55 valence electrons. The number of rotatable bonds is 0. The second-order valence-corrected chi connectivity index (χ2v) is 2.62. The molecular weight excluding hydrogens is 136 g/mol. The molecule has 0 amide bonds. The van der Waals surface area contributed by atoms with E-state index in [2.05, 4.69) is 12.0 Å². The largest absolute Gasteiger partial charge is 0.268 e. The van der Waals surface area contributed by atoms with Gasteiger partial charge in [0.05, 0.1) is 11.7 Å². The highest BCUT2D eigenvalue weighted by atomic mass is 15.2. The standard InChI is InChI=1S/C9H9N2/c1-7-4-3-5-8-6-10-11(2)9(7)8/h3-6H,1H2,2H3. The lowest BCUT2D eigenvalue weighted by Gasteiger charge is -1.96. The predicted octanol–water partition coefficient (Wildman–Crippen LogP) is 1.76. The summed E-state index contributed by atoms with van der Waals surface area (Å²) < 4.78 is 1.84. The molecule has 0 aliphatic carbocycles. The first kappa shape index (κ1) is 6.40. The van der Waals surface area contributed by atoms with Crippen molar-refractivity contribution in [3.63, 3.8) is 0 Å². The molecule has 1 radical (unpaired) electrons. The van der Waals surface area contributed by atoms with E-state index in [0.29, 0.717) is 0 Å². The van der Waals surface area contributed by atoms with Gasteiger partial charge in [0.1, 0.15) is 0 Å². The van der Waals surface area contributed by atoms with Gasteiger partial charge in [0.2, 0.25) is 0 Å². The normalized spacial score (nSPS) is 10.7. The number of para-hydroxylation sites is 1. The van der Waals surface area contributed by atoms with Crippen LogP contribution in [0.25, 0.3) is 10.9 Å². The molecule has 0 aliphatic heterocycles. The second kappa shape index (κ2) is 2.09. The zero-order chi connectivity index (χ0) is 7.84. The van der Waals surface area contributed by atoms with Crippen LogP contribution in [0.4, 0.5) is 0 Å². The van der Waals surface area contributed by atoms with Gasteiger partial charge in [-0.2, -0.15) is 5.10 Å². The van der Waals surface area contributed by atoms with E-state index in [-0.39, 0.29) is 0 Å². The number of benzene rings is 1. The van der Waals surface area contributed by atoms with Crippen molar-refractivity contribution in [2.24, 2.45) is 7.05 Å². The van der Waals surface area contributed by atoms with Crippen LogP contribution < -0.4 is 0 Å². The molecule has 0 atom stereocenters. The molecule has 0 saturated heterocycles. The Morgan fingerprint density at radius 1 is 1.45 bits per heavy atom. The molecule has 2 rings (SSSR count). The lowest BCUT2D eigenvalue weighted by molar-refractivity contribution is 0.796. The van der Waals surface area contributed by atoms with Gasteiger partial charge in [0.25, 0.3) is 0 Å². The van der Waals surface area contributed by atoms with E-state index in [1.165, 1.54) is 0 Å². The van der Waals surface area contributed by atoms with Gasteiger partial charge in [-0.1, -0.05) is 18.2 Å². The Morgan fingerprint density at radius 3 is 3.00 bits per heavy atom. The number of aryl methyl sites for hydroxylation is 1. The van der Waals surface area contributed by atoms with E-state index < -0.39 is 0 Å². The van der Waals surface area contributed by atoms with Crippen molar-refractivity contribution in [2.75, 3.05) is 0 Å². The quantitative estimate of drug-likeness (QED) is 0.552. The first-order valence-corrected chi connectivity index (χ1v) is 3.52. The molecule has 0 bridgehead atoms. The van der Waals surface area contributed by atoms with Crippen LogP contribution in [0.15, 0.2) is 24.4 Å². The average molecular weight is 145 g/mol. The Morgan fingerprint density at radius 2 is 2.27 bits per heavy atom. The summed E-state index contributed by atoms with van der Waals surface area (Å²) >= 11 is 0. The smallest absolute Gasteiger partial charge is 0.0711 e. The highest BCUT2D eigenvalue weighted by Gasteiger charge is 1.99. The van der Waals surface area contributed by atoms with Crippen LogP contribution in [-0.2, 0) is 7.05 Å². The molecule has 1 aromatic carbocycles. The van der Waals surface area contributed by atoms with Crippen molar-refractivity contribution in [1.29, 1.82) is 0 Å². The third kappa shape index (κ3) is 0.827. The Hall–Kier alpha value is -1.31. The zero-order valence-corrected chi connectivity index (χ0v) is 6.41. The Labute approximate surface area is 65.5 Å². The van der Waals surface area contributed by atoms with Gasteiger partial charge in [0, 0.05) is 12.4 Å². The highest BCUT2D eigenvalue weighted by Crippen LogP contribution is 2.15. The number of hydrogen-bond acceptors (Lipinski definition) is 1. The van der Waals surface area contributed by atoms with Crippen LogP contribution in [-0.4, -0.2) is 9.78 Å². The summed E-state index contributed by atoms with van der Waals surface area (Å²) in [5.41, 5.74) is 2.15. The summed E-state index contributed by atoms with van der Waals surface area (Å²) in [4.78, 5) is 0. The molecule has 2 nitrogen and oxygen atoms in total. The first-order chi connectivity index (χ1) is 5.29. The van der Waals surface area contributed by atoms with Crippen LogP contribution in [0, 0.1) is 6.92 Å². The maximum absolute atomic E-state index is 4.13. The van der Waals surface area contributed by atoms with E-state index in [0.717, 1.165) is 16.5 Å². The van der Waals surface area contributed by atoms with Gasteiger partial charge in [-0.05, 0) is 12.5 Å². The fourth-order valence-corrected chi connectivity index (χ4v) is 1.32. The Balaban J connectivity index is 2.96. The minimum absolute atomic E-state index is 1.03. The van der Waals surface area contributed by atoms with E-state index in [9.17, 15) is 0 Å². The van der Waals surface area contributed by atoms with Gasteiger partial charge in [-0.15, -0.1) is 0 Å². The number of hydrogen-bond donors (Lipinski definition) is 0. The van der Waals surface area contributed by atoms with Crippen molar-refractivity contribution in [1.82, 2.24) is 9.78 Å². The Kier molecular flexibility index (Phi) is 1.22. The molecule has 11 heavy (non-hydrogen) atoms. The highest BCUT2D eigenvalue weighted by molar-refractivity contribution is 5.82. The third-order valence-electron chi connectivity index (χ3n) is 1.84. The Bertz CT molecular complexity index is 387. The van der Waals surface area contributed by atoms with Crippen molar-refractivity contribution in [3.05, 3.63) is 36.9 Å². The second-order valence-electron chi connectivity index (χ2n) is 2.62. The molecule has 0 saturated carbocycles. The average Bonchev–Trinajstić information content (AvgIpc) is 2.34. The van der Waals surface area contributed by atoms with E-state index in [1.54, 1.807) is 0 Å². The maximum atomic E-state index is 4.13. The molecule has 1 aromatic heterocycles. The van der Waals surface area contributed by atoms with Gasteiger partial charge < -0.3 is 0 Å². The van der Waals surface area contributed by atoms with Crippen LogP contribution in [0.3, 0.4) is 0 Å². The third-order valence-corrected chi connectivity index (χ3v) is 1.84. The molecule has 0 aliphatic rings. The molecule has 0 spiro atoms. The van der Waals surface area contributed by atoms with Gasteiger partial charge in [-0.25, -0.2) is 0 Å². The molecule has 0 N–H and O–H groups in total. The zero-order valence-electron chi connectivity index (χ0n) is 6.41. The van der Waals surface area contributed by atoms with Crippen LogP contribution >= 0.6 is 0 Å². The molecule has 2 heteroatoms. The van der Waals surface area contributed by atoms with E-state index >= 15 is 0 Å². The van der Waals surface area contributed by atoms with E-state index in [4.69, 9.17) is 0 Å². The maximum Gasteiger partial charge on any atom is 0.0711 e. The monoisotopic (exact) mass is 145 g/mol. The van der Waals surface area contributed by atoms with Gasteiger partial charge in [-0.3, -0.25) is 4.68 Å². The first-order valence-electron chi connectivity index (χ1n) is 3.52. The van der Waals surface area contributed by atoms with Crippen LogP contribution in [0.2, 0.25) is 0 Å². The molecule has 0 unspecified atom stereocenters. The van der Waals surface area contributed by atoms with E-state index in [1.807, 2.05) is 36.1 Å². The van der Waals surface area contributed by atoms with Gasteiger partial charge in [0.15, 0.2) is 0 Å². The van der Waals surface area contributed by atoms with Crippen LogP contribution in [0.1, 0.15) is 5.56 Å². The number of nitrogens with zero attached hydrogens (tertiary/aromatic N) is 2. The summed E-state index contributed by atoms with van der Waals surface area (Å²) in [7, 11) is 1.93. The van der Waals surface area contributed by atoms with Crippen molar-refractivity contribution in [3.8, 4) is 0 Å². The summed E-state index contributed by atoms with van der Waals surface area (Å²) in [6.45, 7) is 3.92. The minimum atomic E-state index is 1.03. The fourth-order valence-electron chi connectivity index (χ4n) is 1.32.